The molecule has 0 fully saturated rings. The number of anilines is 2. The number of aryl methyl sites for hydroxylation is 2. The van der Waals surface area contributed by atoms with Gasteiger partial charge < -0.3 is 5.32 Å². The van der Waals surface area contributed by atoms with E-state index in [1.165, 1.54) is 24.3 Å². The second kappa shape index (κ2) is 10.1. The van der Waals surface area contributed by atoms with Gasteiger partial charge in [0.2, 0.25) is 5.91 Å². The fourth-order valence-corrected chi connectivity index (χ4v) is 6.46. The molecular weight excluding hydrogens is 518 g/mol. The molecule has 0 aliphatic heterocycles. The number of hydrogen-bond donors (Lipinski definition) is 1. The third kappa shape index (κ3) is 5.18. The van der Waals surface area contributed by atoms with Crippen molar-refractivity contribution in [2.75, 3.05) is 16.2 Å². The smallest absolute Gasteiger partial charge is 0.308 e. The molecule has 4 rings (SSSR count). The van der Waals surface area contributed by atoms with Gasteiger partial charge in [0.05, 0.1) is 20.8 Å². The van der Waals surface area contributed by atoms with Gasteiger partial charge in [-0.2, -0.15) is 0 Å². The molecule has 10 heteroatoms. The number of nitrogens with zero attached hydrogens (tertiary/aromatic N) is 2. The Hall–Kier alpha value is -3.14. The highest BCUT2D eigenvalue weighted by Crippen LogP contribution is 2.28. The normalized spacial score (nSPS) is 11.7. The van der Waals surface area contributed by atoms with Crippen LogP contribution in [0.25, 0.3) is 10.2 Å². The van der Waals surface area contributed by atoms with E-state index in [1.807, 2.05) is 33.8 Å². The zero-order valence-electron chi connectivity index (χ0n) is 20.3. The van der Waals surface area contributed by atoms with Crippen LogP contribution >= 0.6 is 22.9 Å². The molecular formula is C26H26ClN3O4S2. The Balaban J connectivity index is 1.66. The van der Waals surface area contributed by atoms with Crippen molar-refractivity contribution in [1.82, 2.24) is 4.57 Å². The summed E-state index contributed by atoms with van der Waals surface area (Å²) in [6.45, 7) is 7.25. The van der Waals surface area contributed by atoms with Crippen molar-refractivity contribution < 1.29 is 13.2 Å². The van der Waals surface area contributed by atoms with Crippen LogP contribution in [0.4, 0.5) is 11.4 Å². The molecule has 0 atom stereocenters. The number of benzene rings is 3. The highest BCUT2D eigenvalue weighted by atomic mass is 35.5. The Morgan fingerprint density at radius 2 is 1.72 bits per heavy atom. The molecule has 0 saturated carbocycles. The third-order valence-corrected chi connectivity index (χ3v) is 8.84. The minimum Gasteiger partial charge on any atom is -0.324 e. The predicted octanol–water partition coefficient (Wildman–Crippen LogP) is 5.75. The van der Waals surface area contributed by atoms with Crippen LogP contribution in [0.2, 0.25) is 5.02 Å². The van der Waals surface area contributed by atoms with Crippen LogP contribution in [0.15, 0.2) is 70.4 Å². The monoisotopic (exact) mass is 543 g/mol. The van der Waals surface area contributed by atoms with Gasteiger partial charge in [0.1, 0.15) is 6.54 Å². The van der Waals surface area contributed by atoms with E-state index in [2.05, 4.69) is 5.32 Å². The van der Waals surface area contributed by atoms with E-state index in [4.69, 9.17) is 11.6 Å². The summed E-state index contributed by atoms with van der Waals surface area (Å²) in [5.74, 6) is -0.513. The summed E-state index contributed by atoms with van der Waals surface area (Å²) in [4.78, 5) is 25.4. The standard InChI is InChI=1S/C26H26ClN3O4S2/c1-16(2)30-23-12-8-20(14-24(23)35-26(30)32)28-25(31)15-29(21-9-5-17(3)18(4)13-21)36(33,34)22-10-6-19(27)7-11-22/h5-14,16H,15H2,1-4H3,(H,28,31). The van der Waals surface area contributed by atoms with E-state index < -0.39 is 22.5 Å². The summed E-state index contributed by atoms with van der Waals surface area (Å²) >= 11 is 7.05. The molecule has 36 heavy (non-hydrogen) atoms. The second-order valence-electron chi connectivity index (χ2n) is 8.80. The molecule has 0 spiro atoms. The van der Waals surface area contributed by atoms with E-state index in [1.54, 1.807) is 34.9 Å². The van der Waals surface area contributed by atoms with Crippen LogP contribution in [0.1, 0.15) is 31.0 Å². The maximum atomic E-state index is 13.6. The van der Waals surface area contributed by atoms with Gasteiger partial charge in [-0.3, -0.25) is 18.5 Å². The minimum absolute atomic E-state index is 0.0105. The highest BCUT2D eigenvalue weighted by Gasteiger charge is 2.27. The predicted molar refractivity (Wildman–Crippen MR) is 147 cm³/mol. The Labute approximate surface area is 219 Å². The summed E-state index contributed by atoms with van der Waals surface area (Å²) < 4.78 is 30.7. The molecule has 0 aliphatic rings. The van der Waals surface area contributed by atoms with E-state index in [9.17, 15) is 18.0 Å². The van der Waals surface area contributed by atoms with Crippen LogP contribution in [-0.2, 0) is 14.8 Å². The SMILES string of the molecule is Cc1ccc(N(CC(=O)Nc2ccc3c(c2)sc(=O)n3C(C)C)S(=O)(=O)c2ccc(Cl)cc2)cc1C. The first-order chi connectivity index (χ1) is 17.0. The lowest BCUT2D eigenvalue weighted by molar-refractivity contribution is -0.114. The molecule has 3 aromatic carbocycles. The molecule has 7 nitrogen and oxygen atoms in total. The highest BCUT2D eigenvalue weighted by molar-refractivity contribution is 7.92. The number of halogens is 1. The topological polar surface area (TPSA) is 88.5 Å². The Morgan fingerprint density at radius 1 is 1.03 bits per heavy atom. The number of carbonyl (C=O) groups excluding carboxylic acids is 1. The van der Waals surface area contributed by atoms with Gasteiger partial charge in [0, 0.05) is 16.8 Å². The van der Waals surface area contributed by atoms with Crippen LogP contribution < -0.4 is 14.5 Å². The van der Waals surface area contributed by atoms with Crippen LogP contribution in [0.5, 0.6) is 0 Å². The van der Waals surface area contributed by atoms with Gasteiger partial charge in [-0.1, -0.05) is 29.0 Å². The lowest BCUT2D eigenvalue weighted by atomic mass is 10.1. The lowest BCUT2D eigenvalue weighted by Crippen LogP contribution is -2.38. The average Bonchev–Trinajstić information content (AvgIpc) is 3.14. The number of carbonyl (C=O) groups is 1. The van der Waals surface area contributed by atoms with Gasteiger partial charge in [-0.15, -0.1) is 0 Å². The van der Waals surface area contributed by atoms with E-state index >= 15 is 0 Å². The van der Waals surface area contributed by atoms with Gasteiger partial charge in [0.15, 0.2) is 0 Å². The number of fused-ring (bicyclic) bond motifs is 1. The molecule has 1 N–H and O–H groups in total. The zero-order chi connectivity index (χ0) is 26.2. The maximum absolute atomic E-state index is 13.6. The number of sulfonamides is 1. The quantitative estimate of drug-likeness (QED) is 0.321. The van der Waals surface area contributed by atoms with Crippen LogP contribution in [0.3, 0.4) is 0 Å². The Bertz CT molecular complexity index is 1610. The van der Waals surface area contributed by atoms with Gasteiger partial charge in [0.25, 0.3) is 10.0 Å². The Morgan fingerprint density at radius 3 is 2.36 bits per heavy atom. The molecule has 4 aromatic rings. The summed E-state index contributed by atoms with van der Waals surface area (Å²) in [5.41, 5.74) is 3.56. The van der Waals surface area contributed by atoms with E-state index in [-0.39, 0.29) is 15.8 Å². The molecule has 1 amide bonds. The minimum atomic E-state index is -4.06. The second-order valence-corrected chi connectivity index (χ2v) is 12.1. The molecule has 0 bridgehead atoms. The van der Waals surface area contributed by atoms with Crippen molar-refractivity contribution in [3.8, 4) is 0 Å². The number of rotatable bonds is 7. The molecule has 1 aromatic heterocycles. The fourth-order valence-electron chi connectivity index (χ4n) is 3.86. The van der Waals surface area contributed by atoms with E-state index in [0.717, 1.165) is 37.0 Å². The van der Waals surface area contributed by atoms with Crippen LogP contribution in [0, 0.1) is 13.8 Å². The molecule has 0 aliphatic carbocycles. The molecule has 0 radical (unpaired) electrons. The summed E-state index contributed by atoms with van der Waals surface area (Å²) in [6.07, 6.45) is 0. The Kier molecular flexibility index (Phi) is 7.26. The number of nitrogens with one attached hydrogen (secondary N) is 1. The molecule has 188 valence electrons. The summed E-state index contributed by atoms with van der Waals surface area (Å²) in [7, 11) is -4.06. The molecule has 0 unspecified atom stereocenters. The molecule has 0 saturated heterocycles. The van der Waals surface area contributed by atoms with Crippen molar-refractivity contribution in [2.45, 2.75) is 38.6 Å². The van der Waals surface area contributed by atoms with Crippen LogP contribution in [-0.4, -0.2) is 25.4 Å². The average molecular weight is 544 g/mol. The van der Waals surface area contributed by atoms with Gasteiger partial charge >= 0.3 is 4.87 Å². The largest absolute Gasteiger partial charge is 0.324 e. The van der Waals surface area contributed by atoms with E-state index in [0.29, 0.717) is 16.4 Å². The number of hydrogen-bond acceptors (Lipinski definition) is 5. The lowest BCUT2D eigenvalue weighted by Gasteiger charge is -2.25. The zero-order valence-corrected chi connectivity index (χ0v) is 22.7. The maximum Gasteiger partial charge on any atom is 0.308 e. The summed E-state index contributed by atoms with van der Waals surface area (Å²) in [6, 6.07) is 16.3. The first kappa shape index (κ1) is 25.9. The van der Waals surface area contributed by atoms with Gasteiger partial charge in [-0.05, 0) is 93.4 Å². The first-order valence-corrected chi connectivity index (χ1v) is 13.9. The fraction of sp³-hybridized carbons (Fsp3) is 0.231. The molecule has 1 heterocycles. The van der Waals surface area contributed by atoms with Crippen molar-refractivity contribution in [2.24, 2.45) is 0 Å². The first-order valence-electron chi connectivity index (χ1n) is 11.3. The van der Waals surface area contributed by atoms with Crippen molar-refractivity contribution in [1.29, 1.82) is 0 Å². The van der Waals surface area contributed by atoms with Crippen molar-refractivity contribution in [3.05, 3.63) is 86.5 Å². The van der Waals surface area contributed by atoms with Crippen molar-refractivity contribution in [3.63, 3.8) is 0 Å². The number of amides is 1. The van der Waals surface area contributed by atoms with Gasteiger partial charge in [-0.25, -0.2) is 8.42 Å². The number of thiazole rings is 1. The van der Waals surface area contributed by atoms with Crippen molar-refractivity contribution >= 4 is 60.5 Å². The number of aromatic nitrogens is 1. The summed E-state index contributed by atoms with van der Waals surface area (Å²) in [5, 5.41) is 3.19. The third-order valence-electron chi connectivity index (χ3n) is 5.88.